The lowest BCUT2D eigenvalue weighted by molar-refractivity contribution is 0.228. The van der Waals surface area contributed by atoms with Gasteiger partial charge in [0, 0.05) is 4.90 Å². The Labute approximate surface area is 112 Å². The predicted octanol–water partition coefficient (Wildman–Crippen LogP) is 4.51. The average molecular weight is 259 g/mol. The number of thioether (sulfide) groups is 1. The fourth-order valence-electron chi connectivity index (χ4n) is 1.62. The molecule has 0 saturated carbocycles. The summed E-state index contributed by atoms with van der Waals surface area (Å²) in [4.78, 5) is 1.10. The van der Waals surface area contributed by atoms with E-state index in [1.807, 2.05) is 54.8 Å². The van der Waals surface area contributed by atoms with E-state index >= 15 is 0 Å². The third kappa shape index (κ3) is 3.28. The first-order chi connectivity index (χ1) is 8.83. The topological polar surface area (TPSA) is 18.5 Å². The van der Waals surface area contributed by atoms with Crippen LogP contribution in [0.5, 0.6) is 11.5 Å². The molecule has 2 aromatic rings. The zero-order valence-corrected chi connectivity index (χ0v) is 11.1. The lowest BCUT2D eigenvalue weighted by Gasteiger charge is -2.11. The first-order valence-electron chi connectivity index (χ1n) is 5.60. The zero-order valence-electron chi connectivity index (χ0n) is 10.3. The van der Waals surface area contributed by atoms with Crippen molar-refractivity contribution in [1.29, 1.82) is 0 Å². The molecule has 0 aromatic heterocycles. The maximum atomic E-state index is 5.89. The Bertz CT molecular complexity index is 497. The largest absolute Gasteiger partial charge is 0.456 e. The van der Waals surface area contributed by atoms with Crippen LogP contribution in [0.1, 0.15) is 5.56 Å². The smallest absolute Gasteiger partial charge is 0.141 e. The number of rotatable bonds is 5. The third-order valence-electron chi connectivity index (χ3n) is 2.47. The highest BCUT2D eigenvalue weighted by Crippen LogP contribution is 2.32. The molecule has 1 radical (unpaired) electrons. The van der Waals surface area contributed by atoms with Crippen LogP contribution in [0, 0.1) is 7.11 Å². The standard InChI is InChI=1S/C15H15O2S/c1-16-11-12-8-9-15(18-2)14(10-12)17-13-6-4-3-5-7-13/h3-10H,1,11H2,2H3. The molecule has 0 heterocycles. The highest BCUT2D eigenvalue weighted by Gasteiger charge is 2.05. The highest BCUT2D eigenvalue weighted by atomic mass is 32.2. The molecule has 0 spiro atoms. The second-order valence-electron chi connectivity index (χ2n) is 3.75. The van der Waals surface area contributed by atoms with E-state index in [0.717, 1.165) is 22.0 Å². The summed E-state index contributed by atoms with van der Waals surface area (Å²) in [5, 5.41) is 0. The summed E-state index contributed by atoms with van der Waals surface area (Å²) < 4.78 is 10.8. The van der Waals surface area contributed by atoms with E-state index < -0.39 is 0 Å². The Morgan fingerprint density at radius 2 is 1.89 bits per heavy atom. The van der Waals surface area contributed by atoms with Gasteiger partial charge in [0.25, 0.3) is 0 Å². The Hall–Kier alpha value is -1.45. The number of hydrogen-bond acceptors (Lipinski definition) is 3. The SMILES string of the molecule is [CH2]OCc1ccc(SC)c(Oc2ccccc2)c1. The van der Waals surface area contributed by atoms with Crippen LogP contribution < -0.4 is 4.74 Å². The number of ether oxygens (including phenoxy) is 2. The average Bonchev–Trinajstić information content (AvgIpc) is 2.41. The molecule has 18 heavy (non-hydrogen) atoms. The predicted molar refractivity (Wildman–Crippen MR) is 74.9 cm³/mol. The second kappa shape index (κ2) is 6.47. The molecule has 93 valence electrons. The van der Waals surface area contributed by atoms with Crippen molar-refractivity contribution in [3.63, 3.8) is 0 Å². The third-order valence-corrected chi connectivity index (χ3v) is 3.24. The molecule has 2 aromatic carbocycles. The lowest BCUT2D eigenvalue weighted by Crippen LogP contribution is -1.91. The summed E-state index contributed by atoms with van der Waals surface area (Å²) in [6, 6.07) is 15.8. The molecule has 0 fully saturated rings. The van der Waals surface area contributed by atoms with Crippen LogP contribution >= 0.6 is 11.8 Å². The van der Waals surface area contributed by atoms with Crippen LogP contribution in [0.15, 0.2) is 53.4 Å². The molecule has 0 unspecified atom stereocenters. The maximum absolute atomic E-state index is 5.89. The van der Waals surface area contributed by atoms with Crippen LogP contribution in [0.4, 0.5) is 0 Å². The van der Waals surface area contributed by atoms with Gasteiger partial charge in [-0.2, -0.15) is 0 Å². The first-order valence-corrected chi connectivity index (χ1v) is 6.82. The van der Waals surface area contributed by atoms with Gasteiger partial charge in [-0.1, -0.05) is 24.3 Å². The van der Waals surface area contributed by atoms with E-state index in [-0.39, 0.29) is 0 Å². The van der Waals surface area contributed by atoms with E-state index in [2.05, 4.69) is 7.11 Å². The van der Waals surface area contributed by atoms with Crippen LogP contribution in [0.2, 0.25) is 0 Å². The van der Waals surface area contributed by atoms with Crippen molar-refractivity contribution in [2.24, 2.45) is 0 Å². The molecule has 0 aliphatic carbocycles. The lowest BCUT2D eigenvalue weighted by atomic mass is 10.2. The molecular weight excluding hydrogens is 244 g/mol. The quantitative estimate of drug-likeness (QED) is 0.736. The first kappa shape index (κ1) is 13.0. The minimum absolute atomic E-state index is 0.486. The number of para-hydroxylation sites is 1. The summed E-state index contributed by atoms with van der Waals surface area (Å²) in [7, 11) is 3.39. The number of benzene rings is 2. The fourth-order valence-corrected chi connectivity index (χ4v) is 2.13. The van der Waals surface area contributed by atoms with Crippen molar-refractivity contribution in [3.8, 4) is 11.5 Å². The molecule has 0 N–H and O–H groups in total. The van der Waals surface area contributed by atoms with Gasteiger partial charge in [-0.05, 0) is 36.1 Å². The van der Waals surface area contributed by atoms with E-state index in [0.29, 0.717) is 6.61 Å². The molecule has 0 amide bonds. The van der Waals surface area contributed by atoms with Gasteiger partial charge in [0.1, 0.15) is 11.5 Å². The van der Waals surface area contributed by atoms with Crippen LogP contribution in [0.3, 0.4) is 0 Å². The zero-order chi connectivity index (χ0) is 12.8. The van der Waals surface area contributed by atoms with Crippen molar-refractivity contribution in [2.45, 2.75) is 11.5 Å². The summed E-state index contributed by atoms with van der Waals surface area (Å²) in [5.74, 6) is 1.68. The van der Waals surface area contributed by atoms with Crippen LogP contribution in [0.25, 0.3) is 0 Å². The van der Waals surface area contributed by atoms with Gasteiger partial charge >= 0.3 is 0 Å². The second-order valence-corrected chi connectivity index (χ2v) is 4.60. The summed E-state index contributed by atoms with van der Waals surface area (Å²) in [5.41, 5.74) is 1.05. The fraction of sp³-hybridized carbons (Fsp3) is 0.133. The van der Waals surface area contributed by atoms with E-state index in [1.54, 1.807) is 11.8 Å². The molecule has 0 saturated heterocycles. The van der Waals surface area contributed by atoms with E-state index in [4.69, 9.17) is 9.47 Å². The van der Waals surface area contributed by atoms with Gasteiger partial charge in [-0.15, -0.1) is 11.8 Å². The molecule has 0 aliphatic rings. The van der Waals surface area contributed by atoms with Gasteiger partial charge in [0.2, 0.25) is 0 Å². The summed E-state index contributed by atoms with van der Waals surface area (Å²) in [6.07, 6.45) is 2.03. The van der Waals surface area contributed by atoms with Gasteiger partial charge in [-0.25, -0.2) is 0 Å². The van der Waals surface area contributed by atoms with Crippen molar-refractivity contribution in [2.75, 3.05) is 6.26 Å². The van der Waals surface area contributed by atoms with Crippen LogP contribution in [-0.2, 0) is 11.3 Å². The molecule has 0 atom stereocenters. The maximum Gasteiger partial charge on any atom is 0.141 e. The Morgan fingerprint density at radius 1 is 1.11 bits per heavy atom. The van der Waals surface area contributed by atoms with E-state index in [1.165, 1.54) is 0 Å². The van der Waals surface area contributed by atoms with Crippen molar-refractivity contribution in [3.05, 3.63) is 61.2 Å². The molecule has 2 nitrogen and oxygen atoms in total. The van der Waals surface area contributed by atoms with E-state index in [9.17, 15) is 0 Å². The molecule has 3 heteroatoms. The molecule has 0 aliphatic heterocycles. The molecular formula is C15H15O2S. The monoisotopic (exact) mass is 259 g/mol. The molecule has 0 bridgehead atoms. The van der Waals surface area contributed by atoms with Gasteiger partial charge < -0.3 is 9.47 Å². The van der Waals surface area contributed by atoms with Gasteiger partial charge in [0.15, 0.2) is 0 Å². The normalized spacial score (nSPS) is 10.3. The van der Waals surface area contributed by atoms with Crippen molar-refractivity contribution >= 4 is 11.8 Å². The van der Waals surface area contributed by atoms with Crippen LogP contribution in [-0.4, -0.2) is 6.26 Å². The Kier molecular flexibility index (Phi) is 4.67. The van der Waals surface area contributed by atoms with Crippen molar-refractivity contribution in [1.82, 2.24) is 0 Å². The minimum atomic E-state index is 0.486. The Morgan fingerprint density at radius 3 is 2.56 bits per heavy atom. The summed E-state index contributed by atoms with van der Waals surface area (Å²) >= 11 is 1.66. The van der Waals surface area contributed by atoms with Gasteiger partial charge in [-0.3, -0.25) is 0 Å². The Balaban J connectivity index is 2.26. The minimum Gasteiger partial charge on any atom is -0.456 e. The highest BCUT2D eigenvalue weighted by molar-refractivity contribution is 7.98. The number of hydrogen-bond donors (Lipinski definition) is 0. The van der Waals surface area contributed by atoms with Crippen molar-refractivity contribution < 1.29 is 9.47 Å². The molecule has 2 rings (SSSR count). The summed E-state index contributed by atoms with van der Waals surface area (Å²) in [6.45, 7) is 0.486. The van der Waals surface area contributed by atoms with Gasteiger partial charge in [0.05, 0.1) is 13.7 Å².